The van der Waals surface area contributed by atoms with Gasteiger partial charge in [-0.05, 0) is 62.8 Å². The smallest absolute Gasteiger partial charge is 0.160 e. The van der Waals surface area contributed by atoms with Crippen LogP contribution in [0.3, 0.4) is 0 Å². The molecule has 2 aliphatic rings. The van der Waals surface area contributed by atoms with Crippen molar-refractivity contribution in [2.45, 2.75) is 25.2 Å². The molecule has 2 fully saturated rings. The quantitative estimate of drug-likeness (QED) is 0.437. The first-order chi connectivity index (χ1) is 17.7. The van der Waals surface area contributed by atoms with Crippen LogP contribution in [0.25, 0.3) is 22.2 Å². The summed E-state index contributed by atoms with van der Waals surface area (Å²) in [6, 6.07) is 17.8. The lowest BCUT2D eigenvalue weighted by atomic mass is 9.96. The summed E-state index contributed by atoms with van der Waals surface area (Å²) < 4.78 is 20.6. The standard InChI is InChI=1S/C28H31N5O3/c1-32-13-11-20(12-14-32)28-34-16-21(17-35-28)33-15-24(25-26(29)30-18-31-27(25)33)19-7-9-23(10-8-19)36-22-5-3-2-4-6-22/h2-10,15,18,20-21,28H,11-14,16-17H2,1H3,(H2,29,30,31)/t21-,28-. The second-order valence-corrected chi connectivity index (χ2v) is 9.68. The number of benzene rings is 2. The molecule has 8 nitrogen and oxygen atoms in total. The zero-order valence-corrected chi connectivity index (χ0v) is 20.4. The number of piperidine rings is 1. The number of nitrogens with zero attached hydrogens (tertiary/aromatic N) is 4. The van der Waals surface area contributed by atoms with E-state index >= 15 is 0 Å². The van der Waals surface area contributed by atoms with Crippen molar-refractivity contribution in [1.82, 2.24) is 19.4 Å². The minimum Gasteiger partial charge on any atom is -0.457 e. The fourth-order valence-corrected chi connectivity index (χ4v) is 5.17. The summed E-state index contributed by atoms with van der Waals surface area (Å²) in [7, 11) is 2.17. The maximum absolute atomic E-state index is 6.34. The summed E-state index contributed by atoms with van der Waals surface area (Å²) in [5.41, 5.74) is 9.13. The Hall–Kier alpha value is -3.46. The lowest BCUT2D eigenvalue weighted by Gasteiger charge is -2.38. The highest BCUT2D eigenvalue weighted by Crippen LogP contribution is 2.37. The Kier molecular flexibility index (Phi) is 6.31. The summed E-state index contributed by atoms with van der Waals surface area (Å²) in [5.74, 6) is 2.48. The van der Waals surface area contributed by atoms with Gasteiger partial charge in [-0.3, -0.25) is 0 Å². The largest absolute Gasteiger partial charge is 0.457 e. The van der Waals surface area contributed by atoms with E-state index in [1.165, 1.54) is 6.33 Å². The molecule has 0 aliphatic carbocycles. The van der Waals surface area contributed by atoms with Gasteiger partial charge in [0.1, 0.15) is 29.3 Å². The predicted octanol–water partition coefficient (Wildman–Crippen LogP) is 4.73. The van der Waals surface area contributed by atoms with E-state index in [1.54, 1.807) is 0 Å². The fourth-order valence-electron chi connectivity index (χ4n) is 5.17. The molecular weight excluding hydrogens is 454 g/mol. The third kappa shape index (κ3) is 4.55. The van der Waals surface area contributed by atoms with E-state index in [2.05, 4.69) is 32.7 Å². The molecule has 2 aromatic heterocycles. The Morgan fingerprint density at radius 3 is 2.33 bits per heavy atom. The molecule has 4 aromatic rings. The van der Waals surface area contributed by atoms with Crippen LogP contribution in [0.15, 0.2) is 67.1 Å². The minimum absolute atomic E-state index is 0.0127. The molecule has 0 saturated carbocycles. The summed E-state index contributed by atoms with van der Waals surface area (Å²) in [6.07, 6.45) is 5.69. The highest BCUT2D eigenvalue weighted by Gasteiger charge is 2.32. The molecule has 2 N–H and O–H groups in total. The Balaban J connectivity index is 1.24. The van der Waals surface area contributed by atoms with Gasteiger partial charge in [-0.1, -0.05) is 30.3 Å². The van der Waals surface area contributed by atoms with E-state index in [0.717, 1.165) is 59.6 Å². The lowest BCUT2D eigenvalue weighted by molar-refractivity contribution is -0.225. The normalized spacial score (nSPS) is 21.6. The molecule has 0 spiro atoms. The summed E-state index contributed by atoms with van der Waals surface area (Å²) in [5, 5.41) is 0.840. The average molecular weight is 486 g/mol. The maximum atomic E-state index is 6.34. The molecule has 0 amide bonds. The first-order valence-corrected chi connectivity index (χ1v) is 12.5. The van der Waals surface area contributed by atoms with Gasteiger partial charge in [-0.15, -0.1) is 0 Å². The molecule has 2 aromatic carbocycles. The molecule has 8 heteroatoms. The number of hydrogen-bond acceptors (Lipinski definition) is 7. The molecule has 0 bridgehead atoms. The Morgan fingerprint density at radius 1 is 0.917 bits per heavy atom. The van der Waals surface area contributed by atoms with E-state index in [9.17, 15) is 0 Å². The van der Waals surface area contributed by atoms with E-state index in [-0.39, 0.29) is 12.3 Å². The minimum atomic E-state index is -0.131. The van der Waals surface area contributed by atoms with Gasteiger partial charge < -0.3 is 29.4 Å². The Morgan fingerprint density at radius 2 is 1.61 bits per heavy atom. The van der Waals surface area contributed by atoms with Crippen molar-refractivity contribution < 1.29 is 14.2 Å². The van der Waals surface area contributed by atoms with E-state index < -0.39 is 0 Å². The summed E-state index contributed by atoms with van der Waals surface area (Å²) in [6.45, 7) is 3.34. The molecule has 0 radical (unpaired) electrons. The average Bonchev–Trinajstić information content (AvgIpc) is 3.31. The number of anilines is 1. The van der Waals surface area contributed by atoms with Crippen LogP contribution < -0.4 is 10.5 Å². The highest BCUT2D eigenvalue weighted by atomic mass is 16.7. The maximum Gasteiger partial charge on any atom is 0.160 e. The van der Waals surface area contributed by atoms with Crippen LogP contribution in [0.5, 0.6) is 11.5 Å². The zero-order valence-electron chi connectivity index (χ0n) is 20.4. The molecule has 36 heavy (non-hydrogen) atoms. The van der Waals surface area contributed by atoms with Gasteiger partial charge in [0, 0.05) is 17.7 Å². The molecule has 2 saturated heterocycles. The second-order valence-electron chi connectivity index (χ2n) is 9.68. The predicted molar refractivity (Wildman–Crippen MR) is 139 cm³/mol. The third-order valence-electron chi connectivity index (χ3n) is 7.23. The topological polar surface area (TPSA) is 87.7 Å². The Bertz CT molecular complexity index is 1310. The van der Waals surface area contributed by atoms with Gasteiger partial charge in [0.05, 0.1) is 24.6 Å². The van der Waals surface area contributed by atoms with Crippen LogP contribution in [0, 0.1) is 5.92 Å². The molecule has 186 valence electrons. The zero-order chi connectivity index (χ0) is 24.5. The SMILES string of the molecule is CN1CCC([C@H]2OC[C@H](n3cc(-c4ccc(Oc5ccccc5)cc4)c4c(N)ncnc43)CO2)CC1. The lowest BCUT2D eigenvalue weighted by Crippen LogP contribution is -2.42. The summed E-state index contributed by atoms with van der Waals surface area (Å²) in [4.78, 5) is 11.2. The molecule has 0 unspecified atom stereocenters. The Labute approximate surface area is 210 Å². The van der Waals surface area contributed by atoms with Crippen molar-refractivity contribution in [1.29, 1.82) is 0 Å². The van der Waals surface area contributed by atoms with Gasteiger partial charge in [0.25, 0.3) is 0 Å². The molecular formula is C28H31N5O3. The number of likely N-dealkylation sites (tertiary alicyclic amines) is 1. The van der Waals surface area contributed by atoms with E-state index in [4.69, 9.17) is 19.9 Å². The molecule has 4 heterocycles. The number of nitrogens with two attached hydrogens (primary N) is 1. The van der Waals surface area contributed by atoms with Gasteiger partial charge in [-0.25, -0.2) is 9.97 Å². The first-order valence-electron chi connectivity index (χ1n) is 12.5. The fraction of sp³-hybridized carbons (Fsp3) is 0.357. The second kappa shape index (κ2) is 9.89. The van der Waals surface area contributed by atoms with Crippen LogP contribution in [-0.4, -0.2) is 59.1 Å². The monoisotopic (exact) mass is 485 g/mol. The highest BCUT2D eigenvalue weighted by molar-refractivity contribution is 6.00. The number of nitrogen functional groups attached to an aromatic ring is 1. The van der Waals surface area contributed by atoms with E-state index in [0.29, 0.717) is 24.9 Å². The first kappa shape index (κ1) is 23.0. The van der Waals surface area contributed by atoms with Crippen molar-refractivity contribution in [3.05, 3.63) is 67.1 Å². The van der Waals surface area contributed by atoms with Crippen molar-refractivity contribution in [2.24, 2.45) is 5.92 Å². The number of para-hydroxylation sites is 1. The molecule has 6 rings (SSSR count). The number of hydrogen-bond donors (Lipinski definition) is 1. The van der Waals surface area contributed by atoms with Gasteiger partial charge in [-0.2, -0.15) is 0 Å². The van der Waals surface area contributed by atoms with Crippen LogP contribution in [0.4, 0.5) is 5.82 Å². The number of ether oxygens (including phenoxy) is 3. The van der Waals surface area contributed by atoms with Crippen molar-refractivity contribution in [3.8, 4) is 22.6 Å². The third-order valence-corrected chi connectivity index (χ3v) is 7.23. The van der Waals surface area contributed by atoms with Crippen LogP contribution in [0.1, 0.15) is 18.9 Å². The van der Waals surface area contributed by atoms with Crippen LogP contribution in [0.2, 0.25) is 0 Å². The van der Waals surface area contributed by atoms with Crippen molar-refractivity contribution >= 4 is 16.9 Å². The number of rotatable bonds is 5. The van der Waals surface area contributed by atoms with Crippen LogP contribution in [-0.2, 0) is 9.47 Å². The molecule has 0 atom stereocenters. The number of fused-ring (bicyclic) bond motifs is 1. The summed E-state index contributed by atoms with van der Waals surface area (Å²) >= 11 is 0. The van der Waals surface area contributed by atoms with E-state index in [1.807, 2.05) is 54.6 Å². The molecule has 2 aliphatic heterocycles. The van der Waals surface area contributed by atoms with Crippen molar-refractivity contribution in [2.75, 3.05) is 39.1 Å². The van der Waals surface area contributed by atoms with Gasteiger partial charge in [0.15, 0.2) is 6.29 Å². The van der Waals surface area contributed by atoms with Gasteiger partial charge >= 0.3 is 0 Å². The van der Waals surface area contributed by atoms with Crippen molar-refractivity contribution in [3.63, 3.8) is 0 Å². The van der Waals surface area contributed by atoms with Crippen LogP contribution >= 0.6 is 0 Å². The number of aromatic nitrogens is 3. The van der Waals surface area contributed by atoms with Gasteiger partial charge in [0.2, 0.25) is 0 Å².